The summed E-state index contributed by atoms with van der Waals surface area (Å²) < 4.78 is 5.56. The fraction of sp³-hybridized carbons (Fsp3) is 0.300. The van der Waals surface area contributed by atoms with Crippen LogP contribution in [0.15, 0.2) is 66.7 Å². The smallest absolute Gasteiger partial charge is 0.259 e. The minimum Gasteiger partial charge on any atom is -0.493 e. The lowest BCUT2D eigenvalue weighted by atomic mass is 9.89. The lowest BCUT2D eigenvalue weighted by Crippen LogP contribution is -2.38. The summed E-state index contributed by atoms with van der Waals surface area (Å²) in [6.07, 6.45) is 1.68. The van der Waals surface area contributed by atoms with Crippen molar-refractivity contribution in [1.29, 1.82) is 0 Å². The molecule has 7 nitrogen and oxygen atoms in total. The van der Waals surface area contributed by atoms with Crippen LogP contribution in [-0.4, -0.2) is 61.3 Å². The minimum atomic E-state index is -0.285. The van der Waals surface area contributed by atoms with Crippen molar-refractivity contribution in [3.05, 3.63) is 94.0 Å². The minimum absolute atomic E-state index is 0.0534. The van der Waals surface area contributed by atoms with Gasteiger partial charge < -0.3 is 19.9 Å². The zero-order chi connectivity index (χ0) is 27.2. The predicted molar refractivity (Wildman–Crippen MR) is 149 cm³/mol. The van der Waals surface area contributed by atoms with Crippen molar-refractivity contribution in [2.45, 2.75) is 25.7 Å². The Kier molecular flexibility index (Phi) is 8.69. The van der Waals surface area contributed by atoms with Crippen LogP contribution in [0, 0.1) is 0 Å². The quantitative estimate of drug-likeness (QED) is 0.422. The summed E-state index contributed by atoms with van der Waals surface area (Å²) in [6, 6.07) is 19.7. The number of nitrogens with one attached hydrogen (secondary N) is 1. The number of ether oxygens (including phenoxy) is 1. The molecule has 3 aromatic rings. The molecular formula is C30H32ClN3O4. The summed E-state index contributed by atoms with van der Waals surface area (Å²) in [4.78, 5) is 41.6. The number of nitrogens with zero attached hydrogens (tertiary/aromatic N) is 2. The molecule has 0 aromatic heterocycles. The topological polar surface area (TPSA) is 79.0 Å². The Balaban J connectivity index is 1.35. The number of hydrogen-bond donors (Lipinski definition) is 1. The zero-order valence-corrected chi connectivity index (χ0v) is 22.6. The molecule has 1 heterocycles. The van der Waals surface area contributed by atoms with E-state index < -0.39 is 0 Å². The van der Waals surface area contributed by atoms with Crippen molar-refractivity contribution in [3.8, 4) is 5.75 Å². The average Bonchev–Trinajstić information content (AvgIpc) is 2.93. The van der Waals surface area contributed by atoms with Crippen LogP contribution >= 0.6 is 11.6 Å². The highest BCUT2D eigenvalue weighted by atomic mass is 35.5. The van der Waals surface area contributed by atoms with E-state index in [0.29, 0.717) is 58.8 Å². The average molecular weight is 534 g/mol. The Bertz CT molecular complexity index is 1320. The van der Waals surface area contributed by atoms with Gasteiger partial charge in [0.25, 0.3) is 17.7 Å². The highest BCUT2D eigenvalue weighted by molar-refractivity contribution is 6.31. The first-order valence-electron chi connectivity index (χ1n) is 12.7. The first-order valence-corrected chi connectivity index (χ1v) is 13.1. The van der Waals surface area contributed by atoms with E-state index in [2.05, 4.69) is 5.32 Å². The number of rotatable bonds is 7. The second-order valence-corrected chi connectivity index (χ2v) is 9.93. The predicted octanol–water partition coefficient (Wildman–Crippen LogP) is 5.71. The third kappa shape index (κ3) is 6.34. The van der Waals surface area contributed by atoms with Gasteiger partial charge in [-0.3, -0.25) is 14.4 Å². The molecule has 0 aliphatic carbocycles. The molecule has 1 fully saturated rings. The summed E-state index contributed by atoms with van der Waals surface area (Å²) >= 11 is 6.09. The molecule has 1 aliphatic heterocycles. The van der Waals surface area contributed by atoms with Crippen molar-refractivity contribution in [1.82, 2.24) is 9.80 Å². The number of likely N-dealkylation sites (tertiary alicyclic amines) is 1. The molecule has 1 aliphatic rings. The first-order chi connectivity index (χ1) is 18.3. The van der Waals surface area contributed by atoms with Gasteiger partial charge in [0.1, 0.15) is 5.75 Å². The molecule has 8 heteroatoms. The number of halogens is 1. The van der Waals surface area contributed by atoms with E-state index in [0.717, 1.165) is 12.8 Å². The Hall–Kier alpha value is -3.84. The molecule has 1 saturated heterocycles. The maximum Gasteiger partial charge on any atom is 0.259 e. The SMILES string of the molecule is CCOc1ccc(Cl)cc1C(=O)Nc1ccc(C2CCN(C(=O)c3cccc(C(=O)N(C)C)c3)CC2)cc1. The second kappa shape index (κ2) is 12.1. The van der Waals surface area contributed by atoms with Crippen LogP contribution in [0.4, 0.5) is 5.69 Å². The highest BCUT2D eigenvalue weighted by Crippen LogP contribution is 2.30. The Morgan fingerprint density at radius 3 is 2.32 bits per heavy atom. The third-order valence-electron chi connectivity index (χ3n) is 6.67. The Morgan fingerprint density at radius 2 is 1.66 bits per heavy atom. The van der Waals surface area contributed by atoms with Gasteiger partial charge >= 0.3 is 0 Å². The van der Waals surface area contributed by atoms with Crippen LogP contribution in [0.25, 0.3) is 0 Å². The molecule has 0 unspecified atom stereocenters. The van der Waals surface area contributed by atoms with Crippen LogP contribution in [-0.2, 0) is 0 Å². The molecule has 198 valence electrons. The van der Waals surface area contributed by atoms with Gasteiger partial charge in [0.05, 0.1) is 12.2 Å². The van der Waals surface area contributed by atoms with Crippen molar-refractivity contribution < 1.29 is 19.1 Å². The van der Waals surface area contributed by atoms with Gasteiger partial charge in [-0.05, 0) is 79.8 Å². The van der Waals surface area contributed by atoms with E-state index in [1.807, 2.05) is 36.1 Å². The first kappa shape index (κ1) is 27.2. The molecule has 38 heavy (non-hydrogen) atoms. The number of piperidine rings is 1. The van der Waals surface area contributed by atoms with E-state index in [-0.39, 0.29) is 17.7 Å². The second-order valence-electron chi connectivity index (χ2n) is 9.50. The van der Waals surface area contributed by atoms with Gasteiger partial charge in [-0.1, -0.05) is 29.8 Å². The van der Waals surface area contributed by atoms with Crippen molar-refractivity contribution in [2.24, 2.45) is 0 Å². The van der Waals surface area contributed by atoms with Gasteiger partial charge in [0.15, 0.2) is 0 Å². The lowest BCUT2D eigenvalue weighted by molar-refractivity contribution is 0.0713. The monoisotopic (exact) mass is 533 g/mol. The van der Waals surface area contributed by atoms with Gasteiger partial charge in [-0.25, -0.2) is 0 Å². The fourth-order valence-corrected chi connectivity index (χ4v) is 4.81. The summed E-state index contributed by atoms with van der Waals surface area (Å²) in [5.41, 5.74) is 3.28. The van der Waals surface area contributed by atoms with E-state index in [9.17, 15) is 14.4 Å². The maximum atomic E-state index is 13.1. The number of benzene rings is 3. The standard InChI is InChI=1S/C30H32ClN3O4/c1-4-38-27-13-10-24(31)19-26(27)28(35)32-25-11-8-20(9-12-25)21-14-16-34(17-15-21)30(37)23-7-5-6-22(18-23)29(36)33(2)3/h5-13,18-19,21H,4,14-17H2,1-3H3,(H,32,35). The van der Waals surface area contributed by atoms with E-state index in [1.165, 1.54) is 10.5 Å². The van der Waals surface area contributed by atoms with Crippen LogP contribution in [0.2, 0.25) is 5.02 Å². The number of hydrogen-bond acceptors (Lipinski definition) is 4. The largest absolute Gasteiger partial charge is 0.493 e. The summed E-state index contributed by atoms with van der Waals surface area (Å²) in [5.74, 6) is 0.348. The number of amides is 3. The number of carbonyl (C=O) groups is 3. The van der Waals surface area contributed by atoms with Crippen molar-refractivity contribution in [3.63, 3.8) is 0 Å². The van der Waals surface area contributed by atoms with Crippen LogP contribution < -0.4 is 10.1 Å². The molecule has 3 aromatic carbocycles. The maximum absolute atomic E-state index is 13.1. The van der Waals surface area contributed by atoms with Crippen molar-refractivity contribution in [2.75, 3.05) is 39.1 Å². The van der Waals surface area contributed by atoms with Gasteiger partial charge in [-0.2, -0.15) is 0 Å². The molecule has 0 spiro atoms. The van der Waals surface area contributed by atoms with Gasteiger partial charge in [0.2, 0.25) is 0 Å². The molecule has 3 amide bonds. The summed E-state index contributed by atoms with van der Waals surface area (Å²) in [7, 11) is 3.39. The van der Waals surface area contributed by atoms with E-state index in [1.54, 1.807) is 56.6 Å². The molecule has 4 rings (SSSR count). The van der Waals surface area contributed by atoms with Crippen molar-refractivity contribution >= 4 is 35.0 Å². The highest BCUT2D eigenvalue weighted by Gasteiger charge is 2.25. The number of carbonyl (C=O) groups excluding carboxylic acids is 3. The summed E-state index contributed by atoms with van der Waals surface area (Å²) in [5, 5.41) is 3.38. The molecule has 1 N–H and O–H groups in total. The fourth-order valence-electron chi connectivity index (χ4n) is 4.64. The molecule has 0 radical (unpaired) electrons. The van der Waals surface area contributed by atoms with E-state index >= 15 is 0 Å². The van der Waals surface area contributed by atoms with Gasteiger partial charge in [-0.15, -0.1) is 0 Å². The molecule has 0 saturated carbocycles. The zero-order valence-electron chi connectivity index (χ0n) is 21.9. The number of anilines is 1. The van der Waals surface area contributed by atoms with Crippen LogP contribution in [0.1, 0.15) is 62.3 Å². The third-order valence-corrected chi connectivity index (χ3v) is 6.91. The molecule has 0 atom stereocenters. The normalized spacial score (nSPS) is 13.6. The Morgan fingerprint density at radius 1 is 0.974 bits per heavy atom. The van der Waals surface area contributed by atoms with E-state index in [4.69, 9.17) is 16.3 Å². The van der Waals surface area contributed by atoms with Gasteiger partial charge in [0, 0.05) is 49.0 Å². The Labute approximate surface area is 228 Å². The van der Waals surface area contributed by atoms with Crippen LogP contribution in [0.3, 0.4) is 0 Å². The molecular weight excluding hydrogens is 502 g/mol. The summed E-state index contributed by atoms with van der Waals surface area (Å²) in [6.45, 7) is 3.59. The van der Waals surface area contributed by atoms with Crippen LogP contribution in [0.5, 0.6) is 5.75 Å². The lowest BCUT2D eigenvalue weighted by Gasteiger charge is -2.32. The molecule has 0 bridgehead atoms.